The molecule has 0 aromatic carbocycles. The third-order valence-corrected chi connectivity index (χ3v) is 2.63. The second-order valence-corrected chi connectivity index (χ2v) is 4.55. The van der Waals surface area contributed by atoms with Crippen LogP contribution in [-0.2, 0) is 0 Å². The predicted octanol–water partition coefficient (Wildman–Crippen LogP) is 4.61. The predicted molar refractivity (Wildman–Crippen MR) is 71.6 cm³/mol. The number of halogens is 3. The highest BCUT2D eigenvalue weighted by atomic mass is 19.4. The topological polar surface area (TPSA) is 20.2 Å². The summed E-state index contributed by atoms with van der Waals surface area (Å²) in [5, 5.41) is 9.41. The molecule has 0 aliphatic rings. The van der Waals surface area contributed by atoms with E-state index in [1.165, 1.54) is 0 Å². The third kappa shape index (κ3) is 9.61. The van der Waals surface area contributed by atoms with Crippen LogP contribution in [0.3, 0.4) is 0 Å². The molecule has 1 N–H and O–H groups in total. The first kappa shape index (κ1) is 18.0. The molecule has 19 heavy (non-hydrogen) atoms. The monoisotopic (exact) mass is 276 g/mol. The lowest BCUT2D eigenvalue weighted by Crippen LogP contribution is -2.14. The second kappa shape index (κ2) is 9.91. The summed E-state index contributed by atoms with van der Waals surface area (Å²) in [7, 11) is 0. The van der Waals surface area contributed by atoms with Gasteiger partial charge in [0.2, 0.25) is 0 Å². The molecular formula is C15H23F3O. The molecule has 0 spiro atoms. The van der Waals surface area contributed by atoms with Crippen LogP contribution >= 0.6 is 0 Å². The molecule has 0 saturated heterocycles. The molecular weight excluding hydrogens is 253 g/mol. The lowest BCUT2D eigenvalue weighted by Gasteiger charge is -2.08. The molecule has 1 nitrogen and oxygen atoms in total. The fourth-order valence-electron chi connectivity index (χ4n) is 1.58. The Hall–Kier alpha value is -0.950. The fraction of sp³-hybridized carbons (Fsp3) is 0.733. The first-order valence-electron chi connectivity index (χ1n) is 6.87. The number of aliphatic hydroxyl groups excluding tert-OH is 1. The van der Waals surface area contributed by atoms with Gasteiger partial charge in [-0.3, -0.25) is 0 Å². The van der Waals surface area contributed by atoms with Gasteiger partial charge in [0, 0.05) is 6.42 Å². The molecule has 0 saturated carbocycles. The van der Waals surface area contributed by atoms with Gasteiger partial charge in [0.1, 0.15) is 5.57 Å². The van der Waals surface area contributed by atoms with Crippen molar-refractivity contribution in [1.29, 1.82) is 0 Å². The van der Waals surface area contributed by atoms with Crippen LogP contribution in [0.25, 0.3) is 0 Å². The van der Waals surface area contributed by atoms with Crippen LogP contribution in [0.2, 0.25) is 0 Å². The summed E-state index contributed by atoms with van der Waals surface area (Å²) in [5.41, 5.74) is -0.927. The summed E-state index contributed by atoms with van der Waals surface area (Å²) < 4.78 is 38.0. The number of alkyl halides is 3. The molecule has 0 heterocycles. The lowest BCUT2D eigenvalue weighted by molar-refractivity contribution is -0.0880. The maximum atomic E-state index is 12.7. The van der Waals surface area contributed by atoms with Crippen molar-refractivity contribution >= 4 is 0 Å². The van der Waals surface area contributed by atoms with E-state index < -0.39 is 17.9 Å². The van der Waals surface area contributed by atoms with E-state index in [2.05, 4.69) is 18.8 Å². The standard InChI is InChI=1S/C15H23F3O/c1-3-5-6-7-8-9-11-13(15(16,17)18)12-14(19)10-4-2/h12,14,19H,3-8,10H2,1-2H3/b13-12+. The van der Waals surface area contributed by atoms with E-state index in [1.807, 2.05) is 6.92 Å². The zero-order valence-corrected chi connectivity index (χ0v) is 11.7. The van der Waals surface area contributed by atoms with Gasteiger partial charge >= 0.3 is 6.18 Å². The number of allylic oxidation sites excluding steroid dienone is 1. The van der Waals surface area contributed by atoms with Gasteiger partial charge in [-0.25, -0.2) is 0 Å². The van der Waals surface area contributed by atoms with E-state index in [9.17, 15) is 18.3 Å². The maximum Gasteiger partial charge on any atom is 0.423 e. The Balaban J connectivity index is 4.49. The molecule has 1 unspecified atom stereocenters. The molecule has 1 atom stereocenters. The Morgan fingerprint density at radius 2 is 1.84 bits per heavy atom. The number of rotatable bonds is 7. The van der Waals surface area contributed by atoms with Gasteiger partial charge in [-0.1, -0.05) is 51.4 Å². The van der Waals surface area contributed by atoms with Crippen LogP contribution in [0.4, 0.5) is 13.2 Å². The summed E-state index contributed by atoms with van der Waals surface area (Å²) in [6.07, 6.45) is 0.674. The first-order valence-corrected chi connectivity index (χ1v) is 6.87. The van der Waals surface area contributed by atoms with Gasteiger partial charge in [-0.15, -0.1) is 0 Å². The summed E-state index contributed by atoms with van der Waals surface area (Å²) >= 11 is 0. The van der Waals surface area contributed by atoms with Gasteiger partial charge in [-0.05, 0) is 18.9 Å². The Morgan fingerprint density at radius 3 is 2.37 bits per heavy atom. The van der Waals surface area contributed by atoms with E-state index in [0.29, 0.717) is 19.3 Å². The minimum Gasteiger partial charge on any atom is -0.389 e. The minimum atomic E-state index is -4.48. The van der Waals surface area contributed by atoms with E-state index >= 15 is 0 Å². The quantitative estimate of drug-likeness (QED) is 0.532. The molecule has 0 bridgehead atoms. The number of aliphatic hydroxyl groups is 1. The van der Waals surface area contributed by atoms with E-state index in [1.54, 1.807) is 0 Å². The van der Waals surface area contributed by atoms with Crippen molar-refractivity contribution in [3.8, 4) is 11.8 Å². The second-order valence-electron chi connectivity index (χ2n) is 4.55. The number of unbranched alkanes of at least 4 members (excludes halogenated alkanes) is 4. The molecule has 0 aromatic rings. The van der Waals surface area contributed by atoms with Crippen molar-refractivity contribution in [2.75, 3.05) is 0 Å². The zero-order valence-electron chi connectivity index (χ0n) is 11.7. The number of hydrogen-bond acceptors (Lipinski definition) is 1. The molecule has 0 aliphatic heterocycles. The maximum absolute atomic E-state index is 12.7. The molecule has 0 fully saturated rings. The van der Waals surface area contributed by atoms with E-state index in [0.717, 1.165) is 31.8 Å². The number of hydrogen-bond donors (Lipinski definition) is 1. The van der Waals surface area contributed by atoms with Gasteiger partial charge in [-0.2, -0.15) is 13.2 Å². The highest BCUT2D eigenvalue weighted by molar-refractivity contribution is 5.33. The van der Waals surface area contributed by atoms with Gasteiger partial charge < -0.3 is 5.11 Å². The van der Waals surface area contributed by atoms with Crippen LogP contribution in [0.15, 0.2) is 11.6 Å². The zero-order chi connectivity index (χ0) is 14.7. The summed E-state index contributed by atoms with van der Waals surface area (Å²) in [6.45, 7) is 3.88. The smallest absolute Gasteiger partial charge is 0.389 e. The highest BCUT2D eigenvalue weighted by Gasteiger charge is 2.33. The Kier molecular flexibility index (Phi) is 9.42. The Bertz CT molecular complexity index is 321. The van der Waals surface area contributed by atoms with Crippen molar-refractivity contribution in [2.24, 2.45) is 0 Å². The normalized spacial score (nSPS) is 13.9. The van der Waals surface area contributed by atoms with Crippen LogP contribution in [0.5, 0.6) is 0 Å². The van der Waals surface area contributed by atoms with Crippen molar-refractivity contribution in [3.05, 3.63) is 11.6 Å². The largest absolute Gasteiger partial charge is 0.423 e. The van der Waals surface area contributed by atoms with Crippen molar-refractivity contribution in [3.63, 3.8) is 0 Å². The summed E-state index contributed by atoms with van der Waals surface area (Å²) in [5.74, 6) is 4.70. The van der Waals surface area contributed by atoms with Crippen LogP contribution in [0.1, 0.15) is 58.8 Å². The lowest BCUT2D eigenvalue weighted by atomic mass is 10.1. The molecule has 0 amide bonds. The van der Waals surface area contributed by atoms with Gasteiger partial charge in [0.15, 0.2) is 0 Å². The highest BCUT2D eigenvalue weighted by Crippen LogP contribution is 2.25. The Morgan fingerprint density at radius 1 is 1.16 bits per heavy atom. The fourth-order valence-corrected chi connectivity index (χ4v) is 1.58. The van der Waals surface area contributed by atoms with Crippen molar-refractivity contribution in [2.45, 2.75) is 71.1 Å². The van der Waals surface area contributed by atoms with E-state index in [4.69, 9.17) is 0 Å². The summed E-state index contributed by atoms with van der Waals surface area (Å²) in [6, 6.07) is 0. The molecule has 4 heteroatoms. The van der Waals surface area contributed by atoms with Crippen molar-refractivity contribution in [1.82, 2.24) is 0 Å². The first-order chi connectivity index (χ1) is 8.91. The molecule has 0 radical (unpaired) electrons. The Labute approximate surface area is 113 Å². The molecule has 110 valence electrons. The SMILES string of the molecule is CCCCCCC#C/C(=C\C(O)CCC)C(F)(F)F. The molecule has 0 aromatic heterocycles. The average molecular weight is 276 g/mol. The van der Waals surface area contributed by atoms with Crippen molar-refractivity contribution < 1.29 is 18.3 Å². The third-order valence-electron chi connectivity index (χ3n) is 2.63. The van der Waals surface area contributed by atoms with Gasteiger partial charge in [0.25, 0.3) is 0 Å². The summed E-state index contributed by atoms with van der Waals surface area (Å²) in [4.78, 5) is 0. The molecule has 0 rings (SSSR count). The van der Waals surface area contributed by atoms with Gasteiger partial charge in [0.05, 0.1) is 6.10 Å². The van der Waals surface area contributed by atoms with Crippen LogP contribution < -0.4 is 0 Å². The average Bonchev–Trinajstić information content (AvgIpc) is 2.31. The van der Waals surface area contributed by atoms with Crippen LogP contribution in [0, 0.1) is 11.8 Å². The van der Waals surface area contributed by atoms with E-state index in [-0.39, 0.29) is 0 Å². The minimum absolute atomic E-state index is 0.317. The molecule has 0 aliphatic carbocycles. The van der Waals surface area contributed by atoms with Crippen LogP contribution in [-0.4, -0.2) is 17.4 Å².